The summed E-state index contributed by atoms with van der Waals surface area (Å²) in [6.45, 7) is 13.8. The van der Waals surface area contributed by atoms with Crippen LogP contribution < -0.4 is 0 Å². The molecule has 2 aliphatic rings. The van der Waals surface area contributed by atoms with Crippen molar-refractivity contribution in [2.75, 3.05) is 19.6 Å². The molecule has 1 aliphatic carbocycles. The summed E-state index contributed by atoms with van der Waals surface area (Å²) in [5.74, 6) is 2.87. The molecule has 0 aromatic rings. The Labute approximate surface area is 95.2 Å². The van der Waals surface area contributed by atoms with Gasteiger partial charge in [0.1, 0.15) is 0 Å². The molecular weight excluding hydrogens is 182 g/mol. The zero-order valence-corrected chi connectivity index (χ0v) is 10.9. The summed E-state index contributed by atoms with van der Waals surface area (Å²) in [4.78, 5) is 2.73. The van der Waals surface area contributed by atoms with Crippen LogP contribution in [0.2, 0.25) is 0 Å². The molecule has 0 aromatic carbocycles. The van der Waals surface area contributed by atoms with Crippen LogP contribution in [0.3, 0.4) is 0 Å². The van der Waals surface area contributed by atoms with Gasteiger partial charge in [-0.1, -0.05) is 27.7 Å². The van der Waals surface area contributed by atoms with Crippen LogP contribution in [0.1, 0.15) is 47.0 Å². The molecule has 1 heteroatoms. The van der Waals surface area contributed by atoms with E-state index in [1.54, 1.807) is 0 Å². The number of likely N-dealkylation sites (tertiary alicyclic amines) is 1. The molecule has 1 nitrogen and oxygen atoms in total. The quantitative estimate of drug-likeness (QED) is 0.674. The van der Waals surface area contributed by atoms with Gasteiger partial charge in [0.15, 0.2) is 0 Å². The van der Waals surface area contributed by atoms with Gasteiger partial charge in [-0.05, 0) is 49.0 Å². The maximum absolute atomic E-state index is 2.73. The van der Waals surface area contributed by atoms with Gasteiger partial charge in [-0.3, -0.25) is 0 Å². The van der Waals surface area contributed by atoms with Gasteiger partial charge in [-0.15, -0.1) is 0 Å². The monoisotopic (exact) mass is 209 g/mol. The predicted molar refractivity (Wildman–Crippen MR) is 65.9 cm³/mol. The minimum absolute atomic E-state index is 0.488. The Morgan fingerprint density at radius 1 is 1.13 bits per heavy atom. The summed E-state index contributed by atoms with van der Waals surface area (Å²) in [5.41, 5.74) is 0.488. The second-order valence-corrected chi connectivity index (χ2v) is 6.94. The molecule has 0 unspecified atom stereocenters. The average molecular weight is 209 g/mol. The largest absolute Gasteiger partial charge is 0.303 e. The van der Waals surface area contributed by atoms with Crippen molar-refractivity contribution in [2.24, 2.45) is 23.2 Å². The lowest BCUT2D eigenvalue weighted by Gasteiger charge is -2.44. The molecular formula is C14H27N. The number of rotatable bonds is 2. The minimum Gasteiger partial charge on any atom is -0.303 e. The normalized spacial score (nSPS) is 34.4. The maximum atomic E-state index is 2.73. The lowest BCUT2D eigenvalue weighted by molar-refractivity contribution is 0.0517. The van der Waals surface area contributed by atoms with Crippen molar-refractivity contribution in [3.05, 3.63) is 0 Å². The SMILES string of the molecule is C[C@@H]1CCN(CC2CC2)C[C@@H]1C(C)(C)C. The summed E-state index contributed by atoms with van der Waals surface area (Å²) in [5, 5.41) is 0. The Morgan fingerprint density at radius 3 is 2.33 bits per heavy atom. The first-order chi connectivity index (χ1) is 6.97. The van der Waals surface area contributed by atoms with Gasteiger partial charge in [0.05, 0.1) is 0 Å². The third kappa shape index (κ3) is 2.96. The fourth-order valence-electron chi connectivity index (χ4n) is 3.10. The first kappa shape index (κ1) is 11.4. The number of nitrogens with zero attached hydrogens (tertiary/aromatic N) is 1. The standard InChI is InChI=1S/C14H27N/c1-11-7-8-15(9-12-5-6-12)10-13(11)14(2,3)4/h11-13H,5-10H2,1-4H3/t11-,13+/m1/s1. The van der Waals surface area contributed by atoms with Gasteiger partial charge in [-0.25, -0.2) is 0 Å². The van der Waals surface area contributed by atoms with Crippen LogP contribution in [0.15, 0.2) is 0 Å². The van der Waals surface area contributed by atoms with E-state index in [4.69, 9.17) is 0 Å². The first-order valence-corrected chi connectivity index (χ1v) is 6.69. The molecule has 0 N–H and O–H groups in total. The molecule has 0 aromatic heterocycles. The zero-order valence-electron chi connectivity index (χ0n) is 10.9. The Balaban J connectivity index is 1.91. The van der Waals surface area contributed by atoms with Crippen LogP contribution in [-0.2, 0) is 0 Å². The van der Waals surface area contributed by atoms with Crippen LogP contribution in [0.25, 0.3) is 0 Å². The highest BCUT2D eigenvalue weighted by Gasteiger charge is 2.36. The Kier molecular flexibility index (Phi) is 3.12. The van der Waals surface area contributed by atoms with E-state index in [0.717, 1.165) is 17.8 Å². The zero-order chi connectivity index (χ0) is 11.1. The van der Waals surface area contributed by atoms with Crippen molar-refractivity contribution in [3.8, 4) is 0 Å². The Bertz CT molecular complexity index is 212. The van der Waals surface area contributed by atoms with E-state index in [1.165, 1.54) is 38.9 Å². The highest BCUT2D eigenvalue weighted by molar-refractivity contribution is 4.87. The van der Waals surface area contributed by atoms with Gasteiger partial charge in [0.25, 0.3) is 0 Å². The third-order valence-corrected chi connectivity index (χ3v) is 4.37. The molecule has 1 heterocycles. The number of piperidine rings is 1. The van der Waals surface area contributed by atoms with E-state index < -0.39 is 0 Å². The fraction of sp³-hybridized carbons (Fsp3) is 1.00. The summed E-state index contributed by atoms with van der Waals surface area (Å²) >= 11 is 0. The van der Waals surface area contributed by atoms with Crippen LogP contribution in [0.5, 0.6) is 0 Å². The second-order valence-electron chi connectivity index (χ2n) is 6.94. The summed E-state index contributed by atoms with van der Waals surface area (Å²) in [6, 6.07) is 0. The van der Waals surface area contributed by atoms with Gasteiger partial charge in [-0.2, -0.15) is 0 Å². The predicted octanol–water partition coefficient (Wildman–Crippen LogP) is 3.40. The smallest absolute Gasteiger partial charge is 0.00173 e. The van der Waals surface area contributed by atoms with Crippen LogP contribution in [-0.4, -0.2) is 24.5 Å². The van der Waals surface area contributed by atoms with E-state index in [1.807, 2.05) is 0 Å². The van der Waals surface area contributed by atoms with Crippen molar-refractivity contribution >= 4 is 0 Å². The summed E-state index contributed by atoms with van der Waals surface area (Å²) < 4.78 is 0. The molecule has 0 bridgehead atoms. The number of hydrogen-bond donors (Lipinski definition) is 0. The molecule has 1 saturated carbocycles. The molecule has 88 valence electrons. The molecule has 0 radical (unpaired) electrons. The molecule has 2 rings (SSSR count). The van der Waals surface area contributed by atoms with E-state index in [2.05, 4.69) is 32.6 Å². The van der Waals surface area contributed by atoms with E-state index in [-0.39, 0.29) is 0 Å². The Morgan fingerprint density at radius 2 is 1.80 bits per heavy atom. The molecule has 0 spiro atoms. The van der Waals surface area contributed by atoms with Crippen molar-refractivity contribution in [1.29, 1.82) is 0 Å². The van der Waals surface area contributed by atoms with Gasteiger partial charge in [0, 0.05) is 13.1 Å². The highest BCUT2D eigenvalue weighted by Crippen LogP contribution is 2.38. The maximum Gasteiger partial charge on any atom is 0.00173 e. The summed E-state index contributed by atoms with van der Waals surface area (Å²) in [6.07, 6.45) is 4.40. The van der Waals surface area contributed by atoms with Gasteiger partial charge < -0.3 is 4.90 Å². The lowest BCUT2D eigenvalue weighted by Crippen LogP contribution is -2.45. The van der Waals surface area contributed by atoms with Crippen LogP contribution in [0, 0.1) is 23.2 Å². The molecule has 1 saturated heterocycles. The molecule has 15 heavy (non-hydrogen) atoms. The summed E-state index contributed by atoms with van der Waals surface area (Å²) in [7, 11) is 0. The van der Waals surface area contributed by atoms with Crippen molar-refractivity contribution < 1.29 is 0 Å². The molecule has 2 atom stereocenters. The Hall–Kier alpha value is -0.0400. The first-order valence-electron chi connectivity index (χ1n) is 6.69. The molecule has 1 aliphatic heterocycles. The minimum atomic E-state index is 0.488. The molecule has 0 amide bonds. The van der Waals surface area contributed by atoms with E-state index >= 15 is 0 Å². The van der Waals surface area contributed by atoms with Crippen LogP contribution in [0.4, 0.5) is 0 Å². The highest BCUT2D eigenvalue weighted by atomic mass is 15.1. The lowest BCUT2D eigenvalue weighted by atomic mass is 9.71. The van der Waals surface area contributed by atoms with Crippen LogP contribution >= 0.6 is 0 Å². The average Bonchev–Trinajstić information content (AvgIpc) is 2.90. The van der Waals surface area contributed by atoms with Crippen molar-refractivity contribution in [1.82, 2.24) is 4.90 Å². The van der Waals surface area contributed by atoms with Crippen molar-refractivity contribution in [2.45, 2.75) is 47.0 Å². The van der Waals surface area contributed by atoms with Gasteiger partial charge in [0.2, 0.25) is 0 Å². The van der Waals surface area contributed by atoms with E-state index in [0.29, 0.717) is 5.41 Å². The third-order valence-electron chi connectivity index (χ3n) is 4.37. The second kappa shape index (κ2) is 4.08. The topological polar surface area (TPSA) is 3.24 Å². The van der Waals surface area contributed by atoms with E-state index in [9.17, 15) is 0 Å². The van der Waals surface area contributed by atoms with Crippen molar-refractivity contribution in [3.63, 3.8) is 0 Å². The van der Waals surface area contributed by atoms with Gasteiger partial charge >= 0.3 is 0 Å². The molecule has 2 fully saturated rings. The number of hydrogen-bond acceptors (Lipinski definition) is 1. The fourth-order valence-corrected chi connectivity index (χ4v) is 3.10.